The molecule has 0 aliphatic heterocycles. The first-order valence-corrected chi connectivity index (χ1v) is 8.04. The summed E-state index contributed by atoms with van der Waals surface area (Å²) in [5, 5.41) is 10.6. The van der Waals surface area contributed by atoms with E-state index in [1.165, 1.54) is 12.5 Å². The molecule has 0 unspecified atom stereocenters. The van der Waals surface area contributed by atoms with E-state index in [-0.39, 0.29) is 11.6 Å². The van der Waals surface area contributed by atoms with Crippen molar-refractivity contribution < 1.29 is 8.42 Å². The van der Waals surface area contributed by atoms with Crippen LogP contribution in [0, 0.1) is 0 Å². The average Bonchev–Trinajstić information content (AvgIpc) is 2.89. The van der Waals surface area contributed by atoms with Gasteiger partial charge < -0.3 is 9.88 Å². The molecule has 0 radical (unpaired) electrons. The van der Waals surface area contributed by atoms with E-state index in [1.54, 1.807) is 23.7 Å². The summed E-state index contributed by atoms with van der Waals surface area (Å²) in [6, 6.07) is 3.39. The second-order valence-corrected chi connectivity index (χ2v) is 6.15. The molecule has 0 amide bonds. The van der Waals surface area contributed by atoms with Crippen molar-refractivity contribution in [2.45, 2.75) is 24.9 Å². The van der Waals surface area contributed by atoms with Crippen molar-refractivity contribution in [2.24, 2.45) is 7.05 Å². The number of aryl methyl sites for hydroxylation is 1. The van der Waals surface area contributed by atoms with Crippen LogP contribution >= 0.6 is 0 Å². The Kier molecular flexibility index (Phi) is 4.86. The highest BCUT2D eigenvalue weighted by Crippen LogP contribution is 2.17. The van der Waals surface area contributed by atoms with Crippen LogP contribution in [0.1, 0.15) is 19.2 Å². The number of aromatic nitrogens is 4. The molecule has 2 rings (SSSR count). The Morgan fingerprint density at radius 1 is 1.38 bits per heavy atom. The second-order valence-electron chi connectivity index (χ2n) is 4.47. The standard InChI is InChI=1S/C12H18N6O2S/c1-3-6-13-10-5-4-7-14-12(10)21(19,20)16-8-11-17-15-9-18(11)2/h4-5,7,9,13,16H,3,6,8H2,1-2H3. The molecule has 2 aromatic rings. The average molecular weight is 310 g/mol. The largest absolute Gasteiger partial charge is 0.383 e. The first kappa shape index (κ1) is 15.4. The van der Waals surface area contributed by atoms with Gasteiger partial charge in [-0.05, 0) is 18.6 Å². The minimum absolute atomic E-state index is 0.0133. The summed E-state index contributed by atoms with van der Waals surface area (Å²) in [5.74, 6) is 0.526. The minimum atomic E-state index is -3.72. The lowest BCUT2D eigenvalue weighted by atomic mass is 10.4. The molecule has 2 aromatic heterocycles. The van der Waals surface area contributed by atoms with Crippen molar-refractivity contribution in [3.05, 3.63) is 30.5 Å². The fraction of sp³-hybridized carbons (Fsp3) is 0.417. The van der Waals surface area contributed by atoms with Gasteiger partial charge in [-0.1, -0.05) is 6.92 Å². The third-order valence-electron chi connectivity index (χ3n) is 2.82. The Morgan fingerprint density at radius 3 is 2.86 bits per heavy atom. The summed E-state index contributed by atoms with van der Waals surface area (Å²) in [7, 11) is -1.97. The van der Waals surface area contributed by atoms with Crippen molar-refractivity contribution in [2.75, 3.05) is 11.9 Å². The van der Waals surface area contributed by atoms with E-state index in [4.69, 9.17) is 0 Å². The molecular formula is C12H18N6O2S. The van der Waals surface area contributed by atoms with Gasteiger partial charge in [0.2, 0.25) is 0 Å². The van der Waals surface area contributed by atoms with E-state index in [1.807, 2.05) is 6.92 Å². The number of nitrogens with one attached hydrogen (secondary N) is 2. The van der Waals surface area contributed by atoms with Crippen LogP contribution in [0.25, 0.3) is 0 Å². The molecule has 0 saturated heterocycles. The van der Waals surface area contributed by atoms with Gasteiger partial charge in [0.05, 0.1) is 12.2 Å². The zero-order chi connectivity index (χ0) is 15.3. The lowest BCUT2D eigenvalue weighted by molar-refractivity contribution is 0.574. The Morgan fingerprint density at radius 2 is 2.19 bits per heavy atom. The molecule has 0 atom stereocenters. The molecule has 8 nitrogen and oxygen atoms in total. The maximum Gasteiger partial charge on any atom is 0.260 e. The molecule has 9 heteroatoms. The quantitative estimate of drug-likeness (QED) is 0.772. The van der Waals surface area contributed by atoms with Crippen LogP contribution in [0.3, 0.4) is 0 Å². The van der Waals surface area contributed by atoms with Crippen LogP contribution in [-0.2, 0) is 23.6 Å². The number of pyridine rings is 1. The maximum atomic E-state index is 12.4. The lowest BCUT2D eigenvalue weighted by Crippen LogP contribution is -2.26. The van der Waals surface area contributed by atoms with E-state index >= 15 is 0 Å². The van der Waals surface area contributed by atoms with Crippen molar-refractivity contribution in [1.29, 1.82) is 0 Å². The van der Waals surface area contributed by atoms with Gasteiger partial charge in [-0.15, -0.1) is 10.2 Å². The van der Waals surface area contributed by atoms with E-state index in [0.717, 1.165) is 6.42 Å². The third-order valence-corrected chi connectivity index (χ3v) is 4.18. The van der Waals surface area contributed by atoms with E-state index in [9.17, 15) is 8.42 Å². The molecule has 0 fully saturated rings. The smallest absolute Gasteiger partial charge is 0.260 e. The van der Waals surface area contributed by atoms with Crippen molar-refractivity contribution in [1.82, 2.24) is 24.5 Å². The van der Waals surface area contributed by atoms with Crippen molar-refractivity contribution >= 4 is 15.7 Å². The maximum absolute atomic E-state index is 12.4. The summed E-state index contributed by atoms with van der Waals surface area (Å²) >= 11 is 0. The number of sulfonamides is 1. The molecule has 21 heavy (non-hydrogen) atoms. The molecule has 0 aliphatic carbocycles. The molecule has 0 aromatic carbocycles. The number of hydrogen-bond acceptors (Lipinski definition) is 6. The fourth-order valence-electron chi connectivity index (χ4n) is 1.69. The predicted octanol–water partition coefficient (Wildman–Crippen LogP) is 0.510. The zero-order valence-electron chi connectivity index (χ0n) is 11.9. The zero-order valence-corrected chi connectivity index (χ0v) is 12.8. The highest BCUT2D eigenvalue weighted by atomic mass is 32.2. The van der Waals surface area contributed by atoms with Gasteiger partial charge >= 0.3 is 0 Å². The van der Waals surface area contributed by atoms with Crippen LogP contribution in [0.15, 0.2) is 29.7 Å². The van der Waals surface area contributed by atoms with Gasteiger partial charge in [-0.25, -0.2) is 18.1 Å². The van der Waals surface area contributed by atoms with Gasteiger partial charge in [0.1, 0.15) is 12.2 Å². The van der Waals surface area contributed by atoms with Crippen LogP contribution in [0.5, 0.6) is 0 Å². The van der Waals surface area contributed by atoms with Crippen molar-refractivity contribution in [3.63, 3.8) is 0 Å². The van der Waals surface area contributed by atoms with Crippen LogP contribution in [0.2, 0.25) is 0 Å². The van der Waals surface area contributed by atoms with E-state index in [0.29, 0.717) is 18.1 Å². The van der Waals surface area contributed by atoms with Gasteiger partial charge in [-0.2, -0.15) is 0 Å². The molecule has 114 valence electrons. The Bertz CT molecular complexity index is 697. The highest BCUT2D eigenvalue weighted by molar-refractivity contribution is 7.89. The SMILES string of the molecule is CCCNc1cccnc1S(=O)(=O)NCc1nncn1C. The summed E-state index contributed by atoms with van der Waals surface area (Å²) in [5.41, 5.74) is 0.491. The molecular weight excluding hydrogens is 292 g/mol. The second kappa shape index (κ2) is 6.64. The normalized spacial score (nSPS) is 11.5. The third kappa shape index (κ3) is 3.76. The van der Waals surface area contributed by atoms with Gasteiger partial charge in [-0.3, -0.25) is 0 Å². The number of nitrogens with zero attached hydrogens (tertiary/aromatic N) is 4. The summed E-state index contributed by atoms with van der Waals surface area (Å²) < 4.78 is 28.8. The highest BCUT2D eigenvalue weighted by Gasteiger charge is 2.20. The molecule has 2 heterocycles. The van der Waals surface area contributed by atoms with Gasteiger partial charge in [0.15, 0.2) is 5.03 Å². The first-order chi connectivity index (χ1) is 10.0. The van der Waals surface area contributed by atoms with Crippen molar-refractivity contribution in [3.8, 4) is 0 Å². The molecule has 0 saturated carbocycles. The Hall–Kier alpha value is -2.00. The predicted molar refractivity (Wildman–Crippen MR) is 78.0 cm³/mol. The number of hydrogen-bond donors (Lipinski definition) is 2. The molecule has 0 spiro atoms. The number of anilines is 1. The first-order valence-electron chi connectivity index (χ1n) is 6.56. The molecule has 2 N–H and O–H groups in total. The van der Waals surface area contributed by atoms with E-state index < -0.39 is 10.0 Å². The van der Waals surface area contributed by atoms with Crippen LogP contribution in [0.4, 0.5) is 5.69 Å². The summed E-state index contributed by atoms with van der Waals surface area (Å²) in [6.45, 7) is 2.74. The molecule has 0 bridgehead atoms. The van der Waals surface area contributed by atoms with Gasteiger partial charge in [0, 0.05) is 19.8 Å². The Labute approximate surface area is 123 Å². The van der Waals surface area contributed by atoms with Crippen LogP contribution < -0.4 is 10.0 Å². The van der Waals surface area contributed by atoms with Gasteiger partial charge in [0.25, 0.3) is 10.0 Å². The summed E-state index contributed by atoms with van der Waals surface area (Å²) in [4.78, 5) is 3.97. The van der Waals surface area contributed by atoms with Crippen LogP contribution in [-0.4, -0.2) is 34.7 Å². The number of rotatable bonds is 7. The monoisotopic (exact) mass is 310 g/mol. The molecule has 0 aliphatic rings. The van der Waals surface area contributed by atoms with E-state index in [2.05, 4.69) is 25.2 Å². The Balaban J connectivity index is 2.17. The fourth-order valence-corrected chi connectivity index (χ4v) is 2.78. The lowest BCUT2D eigenvalue weighted by Gasteiger charge is -2.11. The summed E-state index contributed by atoms with van der Waals surface area (Å²) in [6.07, 6.45) is 3.85. The minimum Gasteiger partial charge on any atom is -0.383 e. The topological polar surface area (TPSA) is 102 Å².